The van der Waals surface area contributed by atoms with Gasteiger partial charge in [-0.3, -0.25) is 4.79 Å². The largest absolute Gasteiger partial charge is 0.480 e. The molecule has 2 unspecified atom stereocenters. The van der Waals surface area contributed by atoms with E-state index in [1.165, 1.54) is 12.8 Å². The van der Waals surface area contributed by atoms with Crippen LogP contribution in [-0.4, -0.2) is 47.7 Å². The molecular formula is C13H26N2O2. The SMILES string of the molecule is CCNC(C)(CCN1CCCC(C)C1)C(=O)O. The lowest BCUT2D eigenvalue weighted by Gasteiger charge is -2.34. The van der Waals surface area contributed by atoms with Gasteiger partial charge >= 0.3 is 5.97 Å². The molecule has 1 saturated heterocycles. The zero-order valence-electron chi connectivity index (χ0n) is 11.3. The van der Waals surface area contributed by atoms with E-state index in [-0.39, 0.29) is 0 Å². The van der Waals surface area contributed by atoms with Crippen molar-refractivity contribution < 1.29 is 9.90 Å². The highest BCUT2D eigenvalue weighted by Crippen LogP contribution is 2.18. The number of nitrogens with zero attached hydrogens (tertiary/aromatic N) is 1. The number of nitrogens with one attached hydrogen (secondary N) is 1. The lowest BCUT2D eigenvalue weighted by molar-refractivity contribution is -0.144. The maximum Gasteiger partial charge on any atom is 0.323 e. The molecule has 0 aromatic carbocycles. The van der Waals surface area contributed by atoms with Crippen molar-refractivity contribution in [3.63, 3.8) is 0 Å². The van der Waals surface area contributed by atoms with Crippen molar-refractivity contribution in [2.75, 3.05) is 26.2 Å². The first kappa shape index (κ1) is 14.5. The number of piperidine rings is 1. The minimum atomic E-state index is -0.782. The molecule has 100 valence electrons. The molecule has 0 aliphatic carbocycles. The number of hydrogen-bond donors (Lipinski definition) is 2. The Balaban J connectivity index is 2.43. The van der Waals surface area contributed by atoms with Gasteiger partial charge in [0.05, 0.1) is 0 Å². The van der Waals surface area contributed by atoms with Crippen LogP contribution in [0.5, 0.6) is 0 Å². The average Bonchev–Trinajstić information content (AvgIpc) is 2.27. The molecule has 0 amide bonds. The van der Waals surface area contributed by atoms with Crippen molar-refractivity contribution in [1.29, 1.82) is 0 Å². The molecule has 0 bridgehead atoms. The molecule has 1 aliphatic rings. The Morgan fingerprint density at radius 3 is 2.82 bits per heavy atom. The van der Waals surface area contributed by atoms with E-state index in [4.69, 9.17) is 0 Å². The van der Waals surface area contributed by atoms with Gasteiger partial charge in [0.15, 0.2) is 0 Å². The van der Waals surface area contributed by atoms with Crippen LogP contribution >= 0.6 is 0 Å². The molecule has 1 fully saturated rings. The summed E-state index contributed by atoms with van der Waals surface area (Å²) in [5.74, 6) is 0.00313. The first-order valence-electron chi connectivity index (χ1n) is 6.68. The van der Waals surface area contributed by atoms with E-state index >= 15 is 0 Å². The molecule has 1 rings (SSSR count). The third-order valence-electron chi connectivity index (χ3n) is 3.71. The van der Waals surface area contributed by atoms with Crippen LogP contribution in [0.2, 0.25) is 0 Å². The fourth-order valence-electron chi connectivity index (χ4n) is 2.53. The van der Waals surface area contributed by atoms with Crippen LogP contribution in [0.4, 0.5) is 0 Å². The van der Waals surface area contributed by atoms with Gasteiger partial charge in [-0.2, -0.15) is 0 Å². The number of hydrogen-bond acceptors (Lipinski definition) is 3. The Hall–Kier alpha value is -0.610. The Labute approximate surface area is 104 Å². The summed E-state index contributed by atoms with van der Waals surface area (Å²) in [5.41, 5.74) is -0.782. The fraction of sp³-hybridized carbons (Fsp3) is 0.923. The maximum atomic E-state index is 11.3. The maximum absolute atomic E-state index is 11.3. The highest BCUT2D eigenvalue weighted by atomic mass is 16.4. The summed E-state index contributed by atoms with van der Waals surface area (Å²) in [6.45, 7) is 9.80. The monoisotopic (exact) mass is 242 g/mol. The number of likely N-dealkylation sites (tertiary alicyclic amines) is 1. The summed E-state index contributed by atoms with van der Waals surface area (Å²) in [7, 11) is 0. The van der Waals surface area contributed by atoms with E-state index in [1.807, 2.05) is 6.92 Å². The lowest BCUT2D eigenvalue weighted by atomic mass is 9.95. The van der Waals surface area contributed by atoms with E-state index in [1.54, 1.807) is 6.92 Å². The number of likely N-dealkylation sites (N-methyl/N-ethyl adjacent to an activating group) is 1. The molecule has 2 N–H and O–H groups in total. The van der Waals surface area contributed by atoms with Crippen LogP contribution < -0.4 is 5.32 Å². The summed E-state index contributed by atoms with van der Waals surface area (Å²) in [6, 6.07) is 0. The second kappa shape index (κ2) is 6.36. The van der Waals surface area contributed by atoms with E-state index in [9.17, 15) is 9.90 Å². The van der Waals surface area contributed by atoms with Gasteiger partial charge in [0.25, 0.3) is 0 Å². The van der Waals surface area contributed by atoms with Crippen molar-refractivity contribution in [2.45, 2.75) is 45.6 Å². The minimum absolute atomic E-state index is 0.670. The average molecular weight is 242 g/mol. The highest BCUT2D eigenvalue weighted by Gasteiger charge is 2.32. The smallest absolute Gasteiger partial charge is 0.323 e. The predicted molar refractivity (Wildman–Crippen MR) is 69.2 cm³/mol. The molecule has 0 saturated carbocycles. The van der Waals surface area contributed by atoms with Crippen LogP contribution in [-0.2, 0) is 4.79 Å². The Bertz CT molecular complexity index is 258. The molecule has 0 spiro atoms. The van der Waals surface area contributed by atoms with Gasteiger partial charge in [0, 0.05) is 13.1 Å². The summed E-state index contributed by atoms with van der Waals surface area (Å²) in [4.78, 5) is 13.7. The molecule has 1 aliphatic heterocycles. The predicted octanol–water partition coefficient (Wildman–Crippen LogP) is 1.56. The molecule has 4 heteroatoms. The van der Waals surface area contributed by atoms with Crippen LogP contribution in [0, 0.1) is 5.92 Å². The van der Waals surface area contributed by atoms with Crippen molar-refractivity contribution in [3.05, 3.63) is 0 Å². The van der Waals surface area contributed by atoms with E-state index < -0.39 is 11.5 Å². The Morgan fingerprint density at radius 2 is 2.29 bits per heavy atom. The topological polar surface area (TPSA) is 52.6 Å². The molecule has 17 heavy (non-hydrogen) atoms. The molecule has 2 atom stereocenters. The van der Waals surface area contributed by atoms with Gasteiger partial charge < -0.3 is 15.3 Å². The van der Waals surface area contributed by atoms with Crippen LogP contribution in [0.15, 0.2) is 0 Å². The number of aliphatic carboxylic acids is 1. The van der Waals surface area contributed by atoms with Gasteiger partial charge in [0.1, 0.15) is 5.54 Å². The zero-order valence-corrected chi connectivity index (χ0v) is 11.3. The van der Waals surface area contributed by atoms with Crippen molar-refractivity contribution in [1.82, 2.24) is 10.2 Å². The number of carboxylic acids is 1. The summed E-state index contributed by atoms with van der Waals surface area (Å²) < 4.78 is 0. The number of rotatable bonds is 6. The summed E-state index contributed by atoms with van der Waals surface area (Å²) in [6.07, 6.45) is 3.22. The van der Waals surface area contributed by atoms with Gasteiger partial charge in [-0.15, -0.1) is 0 Å². The van der Waals surface area contributed by atoms with Gasteiger partial charge in [-0.05, 0) is 45.2 Å². The standard InChI is InChI=1S/C13H26N2O2/c1-4-14-13(3,12(16)17)7-9-15-8-5-6-11(2)10-15/h11,14H,4-10H2,1-3H3,(H,16,17). The molecule has 0 aromatic heterocycles. The normalized spacial score (nSPS) is 25.5. The van der Waals surface area contributed by atoms with Crippen LogP contribution in [0.1, 0.15) is 40.0 Å². The van der Waals surface area contributed by atoms with Crippen LogP contribution in [0.3, 0.4) is 0 Å². The van der Waals surface area contributed by atoms with Gasteiger partial charge in [-0.25, -0.2) is 0 Å². The first-order chi connectivity index (χ1) is 7.98. The molecule has 1 heterocycles. The highest BCUT2D eigenvalue weighted by molar-refractivity contribution is 5.78. The Kier molecular flexibility index (Phi) is 5.40. The van der Waals surface area contributed by atoms with Crippen molar-refractivity contribution in [2.24, 2.45) is 5.92 Å². The summed E-state index contributed by atoms with van der Waals surface area (Å²) >= 11 is 0. The van der Waals surface area contributed by atoms with E-state index in [0.29, 0.717) is 13.0 Å². The first-order valence-corrected chi connectivity index (χ1v) is 6.68. The second-order valence-corrected chi connectivity index (χ2v) is 5.47. The number of carbonyl (C=O) groups is 1. The quantitative estimate of drug-likeness (QED) is 0.742. The second-order valence-electron chi connectivity index (χ2n) is 5.47. The summed E-state index contributed by atoms with van der Waals surface area (Å²) in [5, 5.41) is 12.3. The minimum Gasteiger partial charge on any atom is -0.480 e. The van der Waals surface area contributed by atoms with Crippen molar-refractivity contribution in [3.8, 4) is 0 Å². The van der Waals surface area contributed by atoms with E-state index in [0.717, 1.165) is 25.6 Å². The molecule has 4 nitrogen and oxygen atoms in total. The third-order valence-corrected chi connectivity index (χ3v) is 3.71. The lowest BCUT2D eigenvalue weighted by Crippen LogP contribution is -2.51. The van der Waals surface area contributed by atoms with Gasteiger partial charge in [-0.1, -0.05) is 13.8 Å². The van der Waals surface area contributed by atoms with Crippen molar-refractivity contribution >= 4 is 5.97 Å². The molecule has 0 radical (unpaired) electrons. The third kappa shape index (κ3) is 4.28. The number of carboxylic acid groups (broad SMARTS) is 1. The van der Waals surface area contributed by atoms with Gasteiger partial charge in [0.2, 0.25) is 0 Å². The van der Waals surface area contributed by atoms with E-state index in [2.05, 4.69) is 17.1 Å². The fourth-order valence-corrected chi connectivity index (χ4v) is 2.53. The Morgan fingerprint density at radius 1 is 1.59 bits per heavy atom. The van der Waals surface area contributed by atoms with Crippen LogP contribution in [0.25, 0.3) is 0 Å². The molecular weight excluding hydrogens is 216 g/mol. The zero-order chi connectivity index (χ0) is 12.9. The molecule has 0 aromatic rings.